The molecule has 0 aliphatic rings. The second-order valence-electron chi connectivity index (χ2n) is 5.08. The van der Waals surface area contributed by atoms with E-state index >= 15 is 0 Å². The summed E-state index contributed by atoms with van der Waals surface area (Å²) < 4.78 is 0. The van der Waals surface area contributed by atoms with Crippen LogP contribution in [0.1, 0.15) is 38.4 Å². The highest BCUT2D eigenvalue weighted by Gasteiger charge is 2.08. The third kappa shape index (κ3) is 3.05. The van der Waals surface area contributed by atoms with Crippen molar-refractivity contribution in [3.05, 3.63) is 57.9 Å². The molecule has 0 radical (unpaired) electrons. The zero-order chi connectivity index (χ0) is 14.0. The molecule has 0 aliphatic heterocycles. The highest BCUT2D eigenvalue weighted by molar-refractivity contribution is 5.94. The predicted octanol–water partition coefficient (Wildman–Crippen LogP) is 3.18. The summed E-state index contributed by atoms with van der Waals surface area (Å²) >= 11 is 0. The number of nitrogens with one attached hydrogen (secondary N) is 2. The molecule has 1 aromatic carbocycles. The topological polar surface area (TPSA) is 44.9 Å². The minimum Gasteiger partial charge on any atom is -0.362 e. The molecule has 19 heavy (non-hydrogen) atoms. The van der Waals surface area contributed by atoms with Crippen LogP contribution in [-0.2, 0) is 6.54 Å². The van der Waals surface area contributed by atoms with Crippen molar-refractivity contribution in [2.45, 2.75) is 34.2 Å². The highest BCUT2D eigenvalue weighted by atomic mass is 16.1. The van der Waals surface area contributed by atoms with Gasteiger partial charge in [-0.05, 0) is 62.6 Å². The predicted molar refractivity (Wildman–Crippen MR) is 77.4 cm³/mol. The van der Waals surface area contributed by atoms with Crippen LogP contribution in [0.15, 0.2) is 24.3 Å². The fraction of sp³-hybridized carbons (Fsp3) is 0.312. The number of carbonyl (C=O) groups excluding carboxylic acids is 1. The Hall–Kier alpha value is -2.03. The van der Waals surface area contributed by atoms with Crippen molar-refractivity contribution in [1.29, 1.82) is 0 Å². The fourth-order valence-electron chi connectivity index (χ4n) is 2.13. The van der Waals surface area contributed by atoms with Crippen LogP contribution in [0.3, 0.4) is 0 Å². The van der Waals surface area contributed by atoms with Gasteiger partial charge in [0.2, 0.25) is 0 Å². The van der Waals surface area contributed by atoms with Crippen molar-refractivity contribution in [2.75, 3.05) is 0 Å². The molecule has 100 valence electrons. The fourth-order valence-corrected chi connectivity index (χ4v) is 2.13. The first kappa shape index (κ1) is 13.4. The van der Waals surface area contributed by atoms with Gasteiger partial charge in [0.25, 0.3) is 5.91 Å². The van der Waals surface area contributed by atoms with Gasteiger partial charge < -0.3 is 10.3 Å². The molecule has 0 saturated heterocycles. The number of amides is 1. The van der Waals surface area contributed by atoms with Crippen molar-refractivity contribution in [3.8, 4) is 0 Å². The summed E-state index contributed by atoms with van der Waals surface area (Å²) in [5.41, 5.74) is 6.42. The number of aromatic nitrogens is 1. The molecule has 3 heteroatoms. The van der Waals surface area contributed by atoms with E-state index in [4.69, 9.17) is 0 Å². The van der Waals surface area contributed by atoms with Gasteiger partial charge in [0.15, 0.2) is 0 Å². The molecule has 1 amide bonds. The van der Waals surface area contributed by atoms with Gasteiger partial charge >= 0.3 is 0 Å². The lowest BCUT2D eigenvalue weighted by atomic mass is 10.1. The molecular weight excluding hydrogens is 236 g/mol. The number of carbonyl (C=O) groups is 1. The first-order valence-electron chi connectivity index (χ1n) is 6.48. The van der Waals surface area contributed by atoms with Gasteiger partial charge in [-0.1, -0.05) is 6.07 Å². The molecule has 0 spiro atoms. The lowest BCUT2D eigenvalue weighted by Crippen LogP contribution is -2.23. The molecule has 2 aromatic rings. The number of benzene rings is 1. The lowest BCUT2D eigenvalue weighted by Gasteiger charge is -2.07. The number of aromatic amines is 1. The van der Waals surface area contributed by atoms with E-state index in [0.717, 1.165) is 22.5 Å². The Kier molecular flexibility index (Phi) is 3.74. The second kappa shape index (κ2) is 5.31. The Morgan fingerprint density at radius 2 is 1.84 bits per heavy atom. The Bertz CT molecular complexity index is 611. The normalized spacial score (nSPS) is 10.5. The van der Waals surface area contributed by atoms with Crippen molar-refractivity contribution in [1.82, 2.24) is 10.3 Å². The van der Waals surface area contributed by atoms with E-state index in [9.17, 15) is 4.79 Å². The number of aryl methyl sites for hydroxylation is 4. The van der Waals surface area contributed by atoms with E-state index in [1.807, 2.05) is 45.9 Å². The summed E-state index contributed by atoms with van der Waals surface area (Å²) in [6.07, 6.45) is 0. The third-order valence-electron chi connectivity index (χ3n) is 3.47. The van der Waals surface area contributed by atoms with Crippen molar-refractivity contribution < 1.29 is 4.79 Å². The summed E-state index contributed by atoms with van der Waals surface area (Å²) in [5.74, 6) is -0.0265. The van der Waals surface area contributed by atoms with Crippen molar-refractivity contribution in [3.63, 3.8) is 0 Å². The molecule has 2 N–H and O–H groups in total. The van der Waals surface area contributed by atoms with Gasteiger partial charge in [0.1, 0.15) is 0 Å². The van der Waals surface area contributed by atoms with Crippen LogP contribution in [0.2, 0.25) is 0 Å². The number of rotatable bonds is 3. The van der Waals surface area contributed by atoms with Gasteiger partial charge in [-0.25, -0.2) is 0 Å². The average Bonchev–Trinajstić information content (AvgIpc) is 2.68. The summed E-state index contributed by atoms with van der Waals surface area (Å²) in [7, 11) is 0. The van der Waals surface area contributed by atoms with Gasteiger partial charge in [-0.3, -0.25) is 4.79 Å². The largest absolute Gasteiger partial charge is 0.362 e. The van der Waals surface area contributed by atoms with Gasteiger partial charge in [0.05, 0.1) is 0 Å². The summed E-state index contributed by atoms with van der Waals surface area (Å²) in [6.45, 7) is 8.66. The number of hydrogen-bond acceptors (Lipinski definition) is 1. The molecule has 0 bridgehead atoms. The Morgan fingerprint density at radius 1 is 1.11 bits per heavy atom. The molecule has 1 heterocycles. The van der Waals surface area contributed by atoms with Gasteiger partial charge in [-0.2, -0.15) is 0 Å². The van der Waals surface area contributed by atoms with Gasteiger partial charge in [0, 0.05) is 23.5 Å². The number of hydrogen-bond donors (Lipinski definition) is 2. The first-order chi connectivity index (χ1) is 8.97. The smallest absolute Gasteiger partial charge is 0.251 e. The van der Waals surface area contributed by atoms with Crippen molar-refractivity contribution in [2.24, 2.45) is 0 Å². The molecule has 0 atom stereocenters. The Balaban J connectivity index is 2.05. The maximum Gasteiger partial charge on any atom is 0.251 e. The van der Waals surface area contributed by atoms with Gasteiger partial charge in [-0.15, -0.1) is 0 Å². The van der Waals surface area contributed by atoms with Crippen LogP contribution < -0.4 is 5.32 Å². The van der Waals surface area contributed by atoms with E-state index in [1.165, 1.54) is 5.56 Å². The monoisotopic (exact) mass is 256 g/mol. The van der Waals surface area contributed by atoms with E-state index in [1.54, 1.807) is 0 Å². The van der Waals surface area contributed by atoms with E-state index in [2.05, 4.69) is 16.4 Å². The average molecular weight is 256 g/mol. The van der Waals surface area contributed by atoms with Crippen LogP contribution in [0.5, 0.6) is 0 Å². The minimum absolute atomic E-state index is 0.0265. The molecule has 2 rings (SSSR count). The minimum atomic E-state index is -0.0265. The lowest BCUT2D eigenvalue weighted by molar-refractivity contribution is 0.0951. The van der Waals surface area contributed by atoms with E-state index in [0.29, 0.717) is 12.1 Å². The highest BCUT2D eigenvalue weighted by Crippen LogP contribution is 2.11. The second-order valence-corrected chi connectivity index (χ2v) is 5.08. The molecule has 0 unspecified atom stereocenters. The SMILES string of the molecule is Cc1cc(CNC(=O)c2ccc(C)c(C)c2)c(C)[nH]1. The van der Waals surface area contributed by atoms with E-state index < -0.39 is 0 Å². The van der Waals surface area contributed by atoms with Crippen LogP contribution in [0, 0.1) is 27.7 Å². The quantitative estimate of drug-likeness (QED) is 0.870. The van der Waals surface area contributed by atoms with Crippen LogP contribution in [0.4, 0.5) is 0 Å². The maximum absolute atomic E-state index is 12.1. The Labute approximate surface area is 114 Å². The Morgan fingerprint density at radius 3 is 2.42 bits per heavy atom. The zero-order valence-corrected chi connectivity index (χ0v) is 11.9. The molecule has 0 fully saturated rings. The summed E-state index contributed by atoms with van der Waals surface area (Å²) in [5, 5.41) is 2.96. The molecular formula is C16H20N2O. The molecule has 0 saturated carbocycles. The summed E-state index contributed by atoms with van der Waals surface area (Å²) in [6, 6.07) is 7.85. The van der Waals surface area contributed by atoms with Crippen LogP contribution in [-0.4, -0.2) is 10.9 Å². The van der Waals surface area contributed by atoms with E-state index in [-0.39, 0.29) is 5.91 Å². The van der Waals surface area contributed by atoms with Crippen LogP contribution in [0.25, 0.3) is 0 Å². The first-order valence-corrected chi connectivity index (χ1v) is 6.48. The zero-order valence-electron chi connectivity index (χ0n) is 11.9. The number of H-pyrrole nitrogens is 1. The van der Waals surface area contributed by atoms with Crippen molar-refractivity contribution >= 4 is 5.91 Å². The molecule has 1 aromatic heterocycles. The van der Waals surface area contributed by atoms with Crippen LogP contribution >= 0.6 is 0 Å². The molecule has 3 nitrogen and oxygen atoms in total. The maximum atomic E-state index is 12.1. The molecule has 0 aliphatic carbocycles. The summed E-state index contributed by atoms with van der Waals surface area (Å²) in [4.78, 5) is 15.3. The third-order valence-corrected chi connectivity index (χ3v) is 3.47. The standard InChI is InChI=1S/C16H20N2O/c1-10-5-6-14(7-11(10)2)16(19)17-9-15-8-12(3)18-13(15)4/h5-8,18H,9H2,1-4H3,(H,17,19).